The van der Waals surface area contributed by atoms with Gasteiger partial charge in [0.05, 0.1) is 16.9 Å². The number of fused-ring (bicyclic) bond motifs is 1. The zero-order valence-corrected chi connectivity index (χ0v) is 21.2. The van der Waals surface area contributed by atoms with Gasteiger partial charge in [0.25, 0.3) is 5.56 Å². The Hall–Kier alpha value is -3.72. The summed E-state index contributed by atoms with van der Waals surface area (Å²) in [6, 6.07) is 12.5. The molecule has 4 rings (SSSR count). The van der Waals surface area contributed by atoms with E-state index in [0.29, 0.717) is 54.0 Å². The maximum absolute atomic E-state index is 13.1. The average Bonchev–Trinajstić information content (AvgIpc) is 2.81. The molecule has 1 aliphatic rings. The van der Waals surface area contributed by atoms with Crippen molar-refractivity contribution in [3.63, 3.8) is 0 Å². The van der Waals surface area contributed by atoms with Crippen LogP contribution in [-0.2, 0) is 16.8 Å². The van der Waals surface area contributed by atoms with Crippen molar-refractivity contribution >= 4 is 32.0 Å². The molecule has 0 N–H and O–H groups in total. The number of para-hydroxylation sites is 1. The van der Waals surface area contributed by atoms with E-state index in [2.05, 4.69) is 9.10 Å². The average molecular weight is 535 g/mol. The smallest absolute Gasteiger partial charge is 0.490 e. The first-order valence-electron chi connectivity index (χ1n) is 11.4. The normalized spacial score (nSPS) is 14.9. The minimum atomic E-state index is -4.76. The molecule has 196 valence electrons. The minimum absolute atomic E-state index is 0.0144. The van der Waals surface area contributed by atoms with E-state index in [1.807, 2.05) is 17.0 Å². The molecule has 3 aromatic rings. The molecule has 0 aliphatic carbocycles. The fourth-order valence-electron chi connectivity index (χ4n) is 4.43. The fraction of sp³-hybridized carbons (Fsp3) is 0.360. The van der Waals surface area contributed by atoms with Gasteiger partial charge in [0.2, 0.25) is 0 Å². The van der Waals surface area contributed by atoms with Gasteiger partial charge in [-0.15, -0.1) is 13.2 Å². The van der Waals surface area contributed by atoms with Crippen molar-refractivity contribution in [2.45, 2.75) is 25.3 Å². The lowest BCUT2D eigenvalue weighted by molar-refractivity contribution is -0.274. The number of rotatable bonds is 5. The number of nitriles is 1. The quantitative estimate of drug-likeness (QED) is 0.470. The molecular weight excluding hydrogens is 509 g/mol. The van der Waals surface area contributed by atoms with Crippen LogP contribution in [-0.4, -0.2) is 46.8 Å². The second-order valence-corrected chi connectivity index (χ2v) is 11.5. The maximum Gasteiger partial charge on any atom is 0.573 e. The second-order valence-electron chi connectivity index (χ2n) is 8.97. The van der Waals surface area contributed by atoms with Gasteiger partial charge in [-0.1, -0.05) is 12.1 Å². The predicted molar refractivity (Wildman–Crippen MR) is 135 cm³/mol. The van der Waals surface area contributed by atoms with Crippen molar-refractivity contribution in [3.05, 3.63) is 58.4 Å². The Kier molecular flexibility index (Phi) is 7.10. The van der Waals surface area contributed by atoms with Crippen LogP contribution in [0.25, 0.3) is 10.9 Å². The van der Waals surface area contributed by atoms with E-state index in [-0.39, 0.29) is 17.4 Å². The second kappa shape index (κ2) is 9.97. The van der Waals surface area contributed by atoms with Crippen LogP contribution < -0.4 is 19.9 Å². The molecule has 0 bridgehead atoms. The van der Waals surface area contributed by atoms with E-state index >= 15 is 0 Å². The first kappa shape index (κ1) is 26.3. The molecule has 0 amide bonds. The van der Waals surface area contributed by atoms with E-state index in [1.54, 1.807) is 19.2 Å². The molecular formula is C25H25F3N4O4S. The van der Waals surface area contributed by atoms with Gasteiger partial charge in [-0.05, 0) is 30.3 Å². The largest absolute Gasteiger partial charge is 0.573 e. The minimum Gasteiger partial charge on any atom is -0.490 e. The number of anilines is 1. The zero-order chi connectivity index (χ0) is 27.0. The standard InChI is InChI=1S/C25H25F3N4O4S/c1-31-23-19(5-4-6-21(23)30-37(2,3)34)22(20(15-29)24(31)33)32-13-11-17(12-14-32)35-16-7-9-18(10-8-16)36-25(26,27)28/h4-10,17H,11-14H2,1-3H3. The highest BCUT2D eigenvalue weighted by molar-refractivity contribution is 7.92. The SMILES string of the molecule is Cn1c(=O)c(C#N)c(N2CCC(Oc3ccc(OC(F)(F)F)cc3)CC2)c2cccc(N=S(C)(C)=O)c21. The topological polar surface area (TPSA) is 96.9 Å². The molecule has 1 aromatic heterocycles. The number of benzene rings is 2. The number of hydrogen-bond donors (Lipinski definition) is 0. The number of hydrogen-bond acceptors (Lipinski definition) is 7. The Labute approximate surface area is 212 Å². The first-order chi connectivity index (χ1) is 17.4. The Bertz CT molecular complexity index is 1540. The van der Waals surface area contributed by atoms with Crippen LogP contribution in [0.15, 0.2) is 51.6 Å². The van der Waals surface area contributed by atoms with Gasteiger partial charge in [-0.2, -0.15) is 9.62 Å². The molecule has 0 radical (unpaired) electrons. The van der Waals surface area contributed by atoms with Gasteiger partial charge in [-0.3, -0.25) is 4.79 Å². The van der Waals surface area contributed by atoms with Crippen molar-refractivity contribution in [2.24, 2.45) is 11.4 Å². The Morgan fingerprint density at radius 1 is 1.08 bits per heavy atom. The van der Waals surface area contributed by atoms with E-state index in [4.69, 9.17) is 4.74 Å². The van der Waals surface area contributed by atoms with Crippen LogP contribution in [0.5, 0.6) is 11.5 Å². The van der Waals surface area contributed by atoms with Gasteiger partial charge in [0, 0.05) is 60.6 Å². The summed E-state index contributed by atoms with van der Waals surface area (Å²) in [7, 11) is -0.938. The lowest BCUT2D eigenvalue weighted by Gasteiger charge is -2.35. The molecule has 0 spiro atoms. The van der Waals surface area contributed by atoms with Gasteiger partial charge in [0.15, 0.2) is 0 Å². The number of ether oxygens (including phenoxy) is 2. The maximum atomic E-state index is 13.1. The summed E-state index contributed by atoms with van der Waals surface area (Å²) in [6.07, 6.45) is -0.827. The number of halogens is 3. The van der Waals surface area contributed by atoms with Crippen molar-refractivity contribution in [1.29, 1.82) is 5.26 Å². The van der Waals surface area contributed by atoms with E-state index in [1.165, 1.54) is 41.3 Å². The molecule has 0 atom stereocenters. The molecule has 12 heteroatoms. The highest BCUT2D eigenvalue weighted by Gasteiger charge is 2.31. The number of piperidine rings is 1. The number of nitrogens with zero attached hydrogens (tertiary/aromatic N) is 4. The Balaban J connectivity index is 1.60. The fourth-order valence-corrected chi connectivity index (χ4v) is 5.05. The molecule has 1 fully saturated rings. The van der Waals surface area contributed by atoms with Gasteiger partial charge in [-0.25, -0.2) is 4.21 Å². The van der Waals surface area contributed by atoms with Crippen molar-refractivity contribution < 1.29 is 26.9 Å². The van der Waals surface area contributed by atoms with E-state index in [9.17, 15) is 27.4 Å². The summed E-state index contributed by atoms with van der Waals surface area (Å²) in [4.78, 5) is 15.1. The number of pyridine rings is 1. The van der Waals surface area contributed by atoms with Crippen LogP contribution in [0.1, 0.15) is 18.4 Å². The third-order valence-corrected chi connectivity index (χ3v) is 6.55. The van der Waals surface area contributed by atoms with Gasteiger partial charge >= 0.3 is 6.36 Å². The van der Waals surface area contributed by atoms with Crippen LogP contribution in [0.3, 0.4) is 0 Å². The zero-order valence-electron chi connectivity index (χ0n) is 20.4. The first-order valence-corrected chi connectivity index (χ1v) is 13.7. The van der Waals surface area contributed by atoms with Crippen molar-refractivity contribution in [3.8, 4) is 17.6 Å². The summed E-state index contributed by atoms with van der Waals surface area (Å²) in [5.41, 5.74) is 0.960. The monoisotopic (exact) mass is 534 g/mol. The van der Waals surface area contributed by atoms with E-state index in [0.717, 1.165) is 0 Å². The lowest BCUT2D eigenvalue weighted by Crippen LogP contribution is -2.40. The van der Waals surface area contributed by atoms with Crippen LogP contribution in [0.2, 0.25) is 0 Å². The highest BCUT2D eigenvalue weighted by Crippen LogP contribution is 2.36. The molecule has 2 aromatic carbocycles. The molecule has 8 nitrogen and oxygen atoms in total. The van der Waals surface area contributed by atoms with E-state index < -0.39 is 21.7 Å². The Morgan fingerprint density at radius 3 is 2.27 bits per heavy atom. The van der Waals surface area contributed by atoms with Crippen LogP contribution in [0.4, 0.5) is 24.5 Å². The Morgan fingerprint density at radius 2 is 1.70 bits per heavy atom. The molecule has 1 aliphatic heterocycles. The molecule has 2 heterocycles. The summed E-state index contributed by atoms with van der Waals surface area (Å²) >= 11 is 0. The summed E-state index contributed by atoms with van der Waals surface area (Å²) in [5.74, 6) is 0.0861. The van der Waals surface area contributed by atoms with Crippen molar-refractivity contribution in [2.75, 3.05) is 30.5 Å². The summed E-state index contributed by atoms with van der Waals surface area (Å²) in [6.45, 7) is 0.965. The predicted octanol–water partition coefficient (Wildman–Crippen LogP) is 4.72. The van der Waals surface area contributed by atoms with Crippen LogP contribution >= 0.6 is 0 Å². The van der Waals surface area contributed by atoms with Gasteiger partial charge < -0.3 is 18.9 Å². The molecule has 0 saturated carbocycles. The highest BCUT2D eigenvalue weighted by atomic mass is 32.2. The summed E-state index contributed by atoms with van der Waals surface area (Å²) < 4.78 is 65.0. The molecule has 1 saturated heterocycles. The van der Waals surface area contributed by atoms with Crippen LogP contribution in [0, 0.1) is 11.3 Å². The summed E-state index contributed by atoms with van der Waals surface area (Å²) in [5, 5.41) is 10.5. The number of aryl methyl sites for hydroxylation is 1. The molecule has 0 unspecified atom stereocenters. The third-order valence-electron chi connectivity index (χ3n) is 5.91. The lowest BCUT2D eigenvalue weighted by atomic mass is 10.0. The van der Waals surface area contributed by atoms with Gasteiger partial charge in [0.1, 0.15) is 29.2 Å². The van der Waals surface area contributed by atoms with Crippen molar-refractivity contribution in [1.82, 2.24) is 4.57 Å². The molecule has 37 heavy (non-hydrogen) atoms. The number of alkyl halides is 3. The third kappa shape index (κ3) is 5.99. The number of aromatic nitrogens is 1.